The molecule has 0 atom stereocenters. The van der Waals surface area contributed by atoms with Gasteiger partial charge in [-0.1, -0.05) is 29.8 Å². The molecule has 0 aromatic heterocycles. The van der Waals surface area contributed by atoms with Crippen LogP contribution < -0.4 is 5.46 Å². The number of hydrogen-bond donors (Lipinski definition) is 2. The third kappa shape index (κ3) is 2.34. The van der Waals surface area contributed by atoms with E-state index in [1.807, 2.05) is 19.1 Å². The van der Waals surface area contributed by atoms with E-state index in [9.17, 15) is 0 Å². The number of benzene rings is 1. The lowest BCUT2D eigenvalue weighted by Crippen LogP contribution is -2.31. The monoisotopic (exact) mass is 154 g/mol. The summed E-state index contributed by atoms with van der Waals surface area (Å²) >= 11 is 0. The standard InChI is InChI=1S/C7H9BO2.H2O/c1-6-4-2-3-5-7(6)8(9)10;/h2-5,9-10H,1H3;1H2. The van der Waals surface area contributed by atoms with E-state index in [-0.39, 0.29) is 5.48 Å². The Balaban J connectivity index is 0.000001000. The Labute approximate surface area is 65.8 Å². The topological polar surface area (TPSA) is 72.0 Å². The molecule has 0 saturated heterocycles. The summed E-state index contributed by atoms with van der Waals surface area (Å²) in [6.45, 7) is 1.84. The fraction of sp³-hybridized carbons (Fsp3) is 0.143. The first-order valence-electron chi connectivity index (χ1n) is 3.13. The summed E-state index contributed by atoms with van der Waals surface area (Å²) in [4.78, 5) is 0. The Morgan fingerprint density at radius 1 is 1.18 bits per heavy atom. The smallest absolute Gasteiger partial charge is 0.423 e. The lowest BCUT2D eigenvalue weighted by Gasteiger charge is -2.01. The van der Waals surface area contributed by atoms with Crippen molar-refractivity contribution in [2.75, 3.05) is 0 Å². The second-order valence-corrected chi connectivity index (χ2v) is 2.23. The van der Waals surface area contributed by atoms with Crippen LogP contribution in [0.3, 0.4) is 0 Å². The van der Waals surface area contributed by atoms with Crippen molar-refractivity contribution in [1.82, 2.24) is 0 Å². The molecule has 1 rings (SSSR count). The summed E-state index contributed by atoms with van der Waals surface area (Å²) in [7, 11) is -1.35. The summed E-state index contributed by atoms with van der Waals surface area (Å²) < 4.78 is 0. The second-order valence-electron chi connectivity index (χ2n) is 2.23. The van der Waals surface area contributed by atoms with Crippen LogP contribution in [0.5, 0.6) is 0 Å². The molecule has 11 heavy (non-hydrogen) atoms. The van der Waals surface area contributed by atoms with Crippen molar-refractivity contribution in [3.8, 4) is 0 Å². The average molecular weight is 154 g/mol. The lowest BCUT2D eigenvalue weighted by atomic mass is 9.77. The molecule has 60 valence electrons. The van der Waals surface area contributed by atoms with Crippen molar-refractivity contribution >= 4 is 12.6 Å². The van der Waals surface area contributed by atoms with E-state index in [0.717, 1.165) is 5.56 Å². The number of aryl methyl sites for hydroxylation is 1. The molecule has 0 aliphatic heterocycles. The van der Waals surface area contributed by atoms with Gasteiger partial charge in [-0.25, -0.2) is 0 Å². The summed E-state index contributed by atoms with van der Waals surface area (Å²) in [6.07, 6.45) is 0. The Hall–Kier alpha value is -0.835. The van der Waals surface area contributed by atoms with Gasteiger partial charge in [0, 0.05) is 0 Å². The quantitative estimate of drug-likeness (QED) is 0.501. The molecule has 0 heterocycles. The first-order chi connectivity index (χ1) is 4.72. The van der Waals surface area contributed by atoms with Crippen molar-refractivity contribution in [2.45, 2.75) is 6.92 Å². The first-order valence-corrected chi connectivity index (χ1v) is 3.13. The van der Waals surface area contributed by atoms with Gasteiger partial charge in [-0.3, -0.25) is 0 Å². The Bertz CT molecular complexity index is 225. The third-order valence-electron chi connectivity index (χ3n) is 1.47. The molecule has 0 aliphatic rings. The number of rotatable bonds is 1. The van der Waals surface area contributed by atoms with E-state index < -0.39 is 7.12 Å². The van der Waals surface area contributed by atoms with Gasteiger partial charge < -0.3 is 15.5 Å². The van der Waals surface area contributed by atoms with Crippen molar-refractivity contribution in [1.29, 1.82) is 0 Å². The van der Waals surface area contributed by atoms with Crippen molar-refractivity contribution in [2.24, 2.45) is 0 Å². The molecule has 0 spiro atoms. The maximum atomic E-state index is 8.76. The van der Waals surface area contributed by atoms with Crippen LogP contribution in [0.4, 0.5) is 0 Å². The van der Waals surface area contributed by atoms with Gasteiger partial charge in [0.1, 0.15) is 0 Å². The van der Waals surface area contributed by atoms with Crippen molar-refractivity contribution < 1.29 is 15.5 Å². The fourth-order valence-corrected chi connectivity index (χ4v) is 0.876. The van der Waals surface area contributed by atoms with Gasteiger partial charge in [0.15, 0.2) is 0 Å². The van der Waals surface area contributed by atoms with Gasteiger partial charge in [0.05, 0.1) is 0 Å². The summed E-state index contributed by atoms with van der Waals surface area (Å²) in [5, 5.41) is 17.5. The SMILES string of the molecule is Cc1ccccc1B(O)O.O. The third-order valence-corrected chi connectivity index (χ3v) is 1.47. The average Bonchev–Trinajstić information content (AvgIpc) is 1.88. The van der Waals surface area contributed by atoms with Gasteiger partial charge in [-0.2, -0.15) is 0 Å². The molecular formula is C7H11BO3. The molecule has 4 N–H and O–H groups in total. The van der Waals surface area contributed by atoms with Gasteiger partial charge in [-0.15, -0.1) is 0 Å². The lowest BCUT2D eigenvalue weighted by molar-refractivity contribution is 0.425. The molecule has 0 fully saturated rings. The van der Waals surface area contributed by atoms with Crippen LogP contribution in [0, 0.1) is 6.92 Å². The molecule has 3 nitrogen and oxygen atoms in total. The number of hydrogen-bond acceptors (Lipinski definition) is 2. The van der Waals surface area contributed by atoms with Crippen LogP contribution in [-0.4, -0.2) is 22.6 Å². The molecule has 0 saturated carbocycles. The Morgan fingerprint density at radius 3 is 2.09 bits per heavy atom. The maximum Gasteiger partial charge on any atom is 0.488 e. The van der Waals surface area contributed by atoms with E-state index in [4.69, 9.17) is 10.0 Å². The van der Waals surface area contributed by atoms with Crippen molar-refractivity contribution in [3.05, 3.63) is 29.8 Å². The Morgan fingerprint density at radius 2 is 1.73 bits per heavy atom. The minimum Gasteiger partial charge on any atom is -0.423 e. The van der Waals surface area contributed by atoms with Crippen LogP contribution in [0.15, 0.2) is 24.3 Å². The van der Waals surface area contributed by atoms with Gasteiger partial charge in [0.25, 0.3) is 0 Å². The zero-order valence-electron chi connectivity index (χ0n) is 6.28. The minimum atomic E-state index is -1.35. The molecule has 0 aliphatic carbocycles. The molecule has 0 radical (unpaired) electrons. The summed E-state index contributed by atoms with van der Waals surface area (Å²) in [6, 6.07) is 7.18. The van der Waals surface area contributed by atoms with Crippen LogP contribution in [0.1, 0.15) is 5.56 Å². The van der Waals surface area contributed by atoms with Crippen LogP contribution in [-0.2, 0) is 0 Å². The Kier molecular flexibility index (Phi) is 3.82. The molecular weight excluding hydrogens is 143 g/mol. The highest BCUT2D eigenvalue weighted by atomic mass is 16.4. The van der Waals surface area contributed by atoms with E-state index in [1.54, 1.807) is 12.1 Å². The predicted molar refractivity (Wildman–Crippen MR) is 44.6 cm³/mol. The maximum absolute atomic E-state index is 8.76. The van der Waals surface area contributed by atoms with E-state index in [1.165, 1.54) is 0 Å². The van der Waals surface area contributed by atoms with Crippen molar-refractivity contribution in [3.63, 3.8) is 0 Å². The van der Waals surface area contributed by atoms with E-state index >= 15 is 0 Å². The van der Waals surface area contributed by atoms with Gasteiger partial charge in [-0.05, 0) is 12.4 Å². The minimum absolute atomic E-state index is 0. The summed E-state index contributed by atoms with van der Waals surface area (Å²) in [5.41, 5.74) is 1.47. The van der Waals surface area contributed by atoms with Gasteiger partial charge in [0.2, 0.25) is 0 Å². The van der Waals surface area contributed by atoms with E-state index in [2.05, 4.69) is 0 Å². The molecule has 1 aromatic rings. The molecule has 1 aromatic carbocycles. The molecule has 0 bridgehead atoms. The van der Waals surface area contributed by atoms with Crippen LogP contribution in [0.25, 0.3) is 0 Å². The molecule has 0 unspecified atom stereocenters. The highest BCUT2D eigenvalue weighted by molar-refractivity contribution is 6.59. The zero-order chi connectivity index (χ0) is 7.56. The van der Waals surface area contributed by atoms with Gasteiger partial charge >= 0.3 is 7.12 Å². The molecule has 0 amide bonds. The van der Waals surface area contributed by atoms with Crippen LogP contribution in [0.2, 0.25) is 0 Å². The largest absolute Gasteiger partial charge is 0.488 e. The fourth-order valence-electron chi connectivity index (χ4n) is 0.876. The summed E-state index contributed by atoms with van der Waals surface area (Å²) in [5.74, 6) is 0. The zero-order valence-corrected chi connectivity index (χ0v) is 6.28. The first kappa shape index (κ1) is 10.2. The highest BCUT2D eigenvalue weighted by Gasteiger charge is 2.11. The highest BCUT2D eigenvalue weighted by Crippen LogP contribution is 1.92. The predicted octanol–water partition coefficient (Wildman–Crippen LogP) is -1.15. The molecule has 4 heteroatoms. The van der Waals surface area contributed by atoms with E-state index in [0.29, 0.717) is 5.46 Å². The van der Waals surface area contributed by atoms with Crippen LogP contribution >= 0.6 is 0 Å². The second kappa shape index (κ2) is 4.13. The normalized spacial score (nSPS) is 8.64.